The summed E-state index contributed by atoms with van der Waals surface area (Å²) in [5.74, 6) is 0.672. The number of hydrogen-bond acceptors (Lipinski definition) is 1. The van der Waals surface area contributed by atoms with Crippen molar-refractivity contribution < 1.29 is 4.79 Å². The van der Waals surface area contributed by atoms with Crippen LogP contribution < -0.4 is 5.32 Å². The average Bonchev–Trinajstić information content (AvgIpc) is 2.37. The molecule has 2 heteroatoms. The Morgan fingerprint density at radius 2 is 2.42 bits per heavy atom. The van der Waals surface area contributed by atoms with E-state index in [0.29, 0.717) is 12.3 Å². The quantitative estimate of drug-likeness (QED) is 0.639. The average molecular weight is 167 g/mol. The molecule has 0 aromatic heterocycles. The van der Waals surface area contributed by atoms with E-state index in [0.717, 1.165) is 12.8 Å². The predicted molar refractivity (Wildman–Crippen MR) is 49.8 cm³/mol. The van der Waals surface area contributed by atoms with Gasteiger partial charge >= 0.3 is 0 Å². The van der Waals surface area contributed by atoms with Crippen LogP contribution in [-0.4, -0.2) is 11.9 Å². The Hall–Kier alpha value is -0.790. The van der Waals surface area contributed by atoms with Gasteiger partial charge in [-0.2, -0.15) is 0 Å². The Kier molecular flexibility index (Phi) is 3.32. The highest BCUT2D eigenvalue weighted by Crippen LogP contribution is 2.19. The third kappa shape index (κ3) is 3.07. The van der Waals surface area contributed by atoms with Crippen molar-refractivity contribution in [2.24, 2.45) is 5.92 Å². The third-order valence-electron chi connectivity index (χ3n) is 2.01. The second kappa shape index (κ2) is 4.29. The Balaban J connectivity index is 2.21. The summed E-state index contributed by atoms with van der Waals surface area (Å²) < 4.78 is 0. The number of rotatable bonds is 3. The van der Waals surface area contributed by atoms with Gasteiger partial charge < -0.3 is 5.32 Å². The summed E-state index contributed by atoms with van der Waals surface area (Å²) in [4.78, 5) is 11.3. The lowest BCUT2D eigenvalue weighted by Crippen LogP contribution is -2.31. The monoisotopic (exact) mass is 167 g/mol. The second-order valence-electron chi connectivity index (χ2n) is 3.69. The lowest BCUT2D eigenvalue weighted by molar-refractivity contribution is -0.122. The standard InChI is InChI=1S/C10H17NO/c1-8(2)11-10(12)7-9-5-3-4-6-9/h3,5,8-9H,4,6-7H2,1-2H3,(H,11,12). The van der Waals surface area contributed by atoms with Crippen molar-refractivity contribution in [3.8, 4) is 0 Å². The first-order chi connectivity index (χ1) is 5.68. The fourth-order valence-electron chi connectivity index (χ4n) is 1.48. The van der Waals surface area contributed by atoms with Crippen molar-refractivity contribution >= 4 is 5.91 Å². The minimum Gasteiger partial charge on any atom is -0.354 e. The molecule has 1 aliphatic carbocycles. The molecular weight excluding hydrogens is 150 g/mol. The van der Waals surface area contributed by atoms with Gasteiger partial charge in [-0.1, -0.05) is 12.2 Å². The molecule has 1 atom stereocenters. The van der Waals surface area contributed by atoms with E-state index in [9.17, 15) is 4.79 Å². The van der Waals surface area contributed by atoms with Gasteiger partial charge in [-0.25, -0.2) is 0 Å². The molecule has 0 aromatic carbocycles. The second-order valence-corrected chi connectivity index (χ2v) is 3.69. The number of allylic oxidation sites excluding steroid dienone is 2. The van der Waals surface area contributed by atoms with Gasteiger partial charge in [0.05, 0.1) is 0 Å². The molecule has 68 valence electrons. The highest BCUT2D eigenvalue weighted by Gasteiger charge is 2.13. The van der Waals surface area contributed by atoms with Crippen LogP contribution in [0.15, 0.2) is 12.2 Å². The lowest BCUT2D eigenvalue weighted by atomic mass is 10.1. The van der Waals surface area contributed by atoms with Gasteiger partial charge in [0.15, 0.2) is 0 Å². The number of amides is 1. The first kappa shape index (κ1) is 9.30. The first-order valence-electron chi connectivity index (χ1n) is 4.64. The maximum absolute atomic E-state index is 11.3. The van der Waals surface area contributed by atoms with Gasteiger partial charge in [0, 0.05) is 12.5 Å². The molecule has 0 spiro atoms. The molecule has 0 heterocycles. The van der Waals surface area contributed by atoms with Gasteiger partial charge in [0.1, 0.15) is 0 Å². The molecular formula is C10H17NO. The Bertz CT molecular complexity index is 184. The van der Waals surface area contributed by atoms with Crippen molar-refractivity contribution in [1.82, 2.24) is 5.32 Å². The van der Waals surface area contributed by atoms with E-state index in [1.807, 2.05) is 13.8 Å². The van der Waals surface area contributed by atoms with Gasteiger partial charge in [0.2, 0.25) is 5.91 Å². The van der Waals surface area contributed by atoms with Crippen molar-refractivity contribution in [3.05, 3.63) is 12.2 Å². The SMILES string of the molecule is CC(C)NC(=O)CC1C=CCC1. The molecule has 0 fully saturated rings. The number of carbonyl (C=O) groups excluding carboxylic acids is 1. The van der Waals surface area contributed by atoms with Crippen molar-refractivity contribution in [1.29, 1.82) is 0 Å². The van der Waals surface area contributed by atoms with Crippen LogP contribution in [0.1, 0.15) is 33.1 Å². The molecule has 0 aromatic rings. The molecule has 0 aliphatic heterocycles. The van der Waals surface area contributed by atoms with Crippen molar-refractivity contribution in [2.45, 2.75) is 39.2 Å². The van der Waals surface area contributed by atoms with Crippen LogP contribution in [0.4, 0.5) is 0 Å². The zero-order valence-electron chi connectivity index (χ0n) is 7.84. The van der Waals surface area contributed by atoms with E-state index >= 15 is 0 Å². The molecule has 12 heavy (non-hydrogen) atoms. The van der Waals surface area contributed by atoms with E-state index in [2.05, 4.69) is 17.5 Å². The minimum atomic E-state index is 0.182. The molecule has 1 unspecified atom stereocenters. The topological polar surface area (TPSA) is 29.1 Å². The molecule has 1 aliphatic rings. The van der Waals surface area contributed by atoms with Crippen LogP contribution in [0.2, 0.25) is 0 Å². The summed E-state index contributed by atoms with van der Waals surface area (Å²) >= 11 is 0. The van der Waals surface area contributed by atoms with E-state index in [1.165, 1.54) is 0 Å². The van der Waals surface area contributed by atoms with Gasteiger partial charge in [-0.05, 0) is 32.6 Å². The van der Waals surface area contributed by atoms with Gasteiger partial charge in [0.25, 0.3) is 0 Å². The Morgan fingerprint density at radius 1 is 1.67 bits per heavy atom. The third-order valence-corrected chi connectivity index (χ3v) is 2.01. The highest BCUT2D eigenvalue weighted by atomic mass is 16.1. The lowest BCUT2D eigenvalue weighted by Gasteiger charge is -2.10. The molecule has 1 amide bonds. The molecule has 0 radical (unpaired) electrons. The maximum atomic E-state index is 11.3. The predicted octanol–water partition coefficient (Wildman–Crippen LogP) is 1.87. The normalized spacial score (nSPS) is 21.8. The smallest absolute Gasteiger partial charge is 0.220 e. The van der Waals surface area contributed by atoms with Crippen LogP contribution >= 0.6 is 0 Å². The number of nitrogens with one attached hydrogen (secondary N) is 1. The summed E-state index contributed by atoms with van der Waals surface area (Å²) in [6.07, 6.45) is 7.26. The minimum absolute atomic E-state index is 0.182. The molecule has 0 saturated carbocycles. The van der Waals surface area contributed by atoms with Crippen molar-refractivity contribution in [3.63, 3.8) is 0 Å². The van der Waals surface area contributed by atoms with Crippen LogP contribution in [0, 0.1) is 5.92 Å². The van der Waals surface area contributed by atoms with Crippen LogP contribution in [0.3, 0.4) is 0 Å². The van der Waals surface area contributed by atoms with E-state index < -0.39 is 0 Å². The Morgan fingerprint density at radius 3 is 2.92 bits per heavy atom. The molecule has 0 bridgehead atoms. The van der Waals surface area contributed by atoms with Crippen LogP contribution in [0.5, 0.6) is 0 Å². The summed E-state index contributed by atoms with van der Waals surface area (Å²) in [7, 11) is 0. The van der Waals surface area contributed by atoms with Crippen LogP contribution in [0.25, 0.3) is 0 Å². The van der Waals surface area contributed by atoms with Crippen molar-refractivity contribution in [2.75, 3.05) is 0 Å². The molecule has 1 rings (SSSR count). The summed E-state index contributed by atoms with van der Waals surface area (Å²) in [6.45, 7) is 3.98. The first-order valence-corrected chi connectivity index (χ1v) is 4.64. The van der Waals surface area contributed by atoms with Gasteiger partial charge in [-0.15, -0.1) is 0 Å². The summed E-state index contributed by atoms with van der Waals surface area (Å²) in [5, 5.41) is 2.90. The van der Waals surface area contributed by atoms with E-state index in [1.54, 1.807) is 0 Å². The van der Waals surface area contributed by atoms with E-state index in [4.69, 9.17) is 0 Å². The number of hydrogen-bond donors (Lipinski definition) is 1. The van der Waals surface area contributed by atoms with Gasteiger partial charge in [-0.3, -0.25) is 4.79 Å². The van der Waals surface area contributed by atoms with Crippen LogP contribution in [-0.2, 0) is 4.79 Å². The molecule has 1 N–H and O–H groups in total. The fourth-order valence-corrected chi connectivity index (χ4v) is 1.48. The summed E-state index contributed by atoms with van der Waals surface area (Å²) in [5.41, 5.74) is 0. The Labute approximate surface area is 74.0 Å². The maximum Gasteiger partial charge on any atom is 0.220 e. The zero-order chi connectivity index (χ0) is 8.97. The number of carbonyl (C=O) groups is 1. The molecule has 2 nitrogen and oxygen atoms in total. The fraction of sp³-hybridized carbons (Fsp3) is 0.700. The summed E-state index contributed by atoms with van der Waals surface area (Å²) in [6, 6.07) is 0.267. The zero-order valence-corrected chi connectivity index (χ0v) is 7.84. The largest absolute Gasteiger partial charge is 0.354 e. The molecule has 0 saturated heterocycles. The van der Waals surface area contributed by atoms with E-state index in [-0.39, 0.29) is 11.9 Å². The highest BCUT2D eigenvalue weighted by molar-refractivity contribution is 5.76.